The first-order chi connectivity index (χ1) is 10.2. The number of nitrogens with one attached hydrogen (secondary N) is 2. The molecule has 0 bridgehead atoms. The molecule has 1 aromatic rings. The number of aliphatic hydroxyl groups excluding tert-OH is 1. The molecule has 0 radical (unpaired) electrons. The van der Waals surface area contributed by atoms with Crippen molar-refractivity contribution in [3.05, 3.63) is 29.8 Å². The van der Waals surface area contributed by atoms with E-state index in [0.717, 1.165) is 44.3 Å². The van der Waals surface area contributed by atoms with Crippen LogP contribution in [0.25, 0.3) is 0 Å². The summed E-state index contributed by atoms with van der Waals surface area (Å²) in [7, 11) is 0. The maximum Gasteiger partial charge on any atom is 0.253 e. The van der Waals surface area contributed by atoms with E-state index in [2.05, 4.69) is 17.6 Å². The summed E-state index contributed by atoms with van der Waals surface area (Å²) >= 11 is 0. The first-order valence-corrected chi connectivity index (χ1v) is 7.93. The van der Waals surface area contributed by atoms with Crippen molar-refractivity contribution in [1.82, 2.24) is 5.32 Å². The molecule has 0 atom stereocenters. The number of para-hydroxylation sites is 1. The van der Waals surface area contributed by atoms with Crippen LogP contribution >= 0.6 is 0 Å². The molecule has 4 nitrogen and oxygen atoms in total. The molecule has 1 aliphatic carbocycles. The predicted octanol–water partition coefficient (Wildman–Crippen LogP) is 2.79. The number of hydrogen-bond acceptors (Lipinski definition) is 3. The van der Waals surface area contributed by atoms with Crippen LogP contribution in [0.3, 0.4) is 0 Å². The molecule has 4 heteroatoms. The summed E-state index contributed by atoms with van der Waals surface area (Å²) in [6.45, 7) is 3.67. The number of carbonyl (C=O) groups is 1. The third-order valence-corrected chi connectivity index (χ3v) is 4.36. The number of hydrogen-bond donors (Lipinski definition) is 3. The third-order valence-electron chi connectivity index (χ3n) is 4.36. The highest BCUT2D eigenvalue weighted by molar-refractivity contribution is 5.99. The lowest BCUT2D eigenvalue weighted by molar-refractivity contribution is 0.0881. The summed E-state index contributed by atoms with van der Waals surface area (Å²) < 4.78 is 0. The minimum Gasteiger partial charge on any atom is -0.396 e. The van der Waals surface area contributed by atoms with E-state index in [1.54, 1.807) is 0 Å². The number of rotatable bonds is 7. The van der Waals surface area contributed by atoms with E-state index in [-0.39, 0.29) is 17.9 Å². The summed E-state index contributed by atoms with van der Waals surface area (Å²) in [4.78, 5) is 12.4. The van der Waals surface area contributed by atoms with E-state index < -0.39 is 0 Å². The molecular weight excluding hydrogens is 264 g/mol. The monoisotopic (exact) mass is 290 g/mol. The molecule has 116 valence electrons. The number of carbonyl (C=O) groups excluding carboxylic acids is 1. The van der Waals surface area contributed by atoms with Crippen LogP contribution in [0.15, 0.2) is 24.3 Å². The van der Waals surface area contributed by atoms with Gasteiger partial charge >= 0.3 is 0 Å². The fourth-order valence-electron chi connectivity index (χ4n) is 2.97. The second kappa shape index (κ2) is 7.46. The highest BCUT2D eigenvalue weighted by Gasteiger charge is 2.33. The fraction of sp³-hybridized carbons (Fsp3) is 0.588. The van der Waals surface area contributed by atoms with E-state index in [1.165, 1.54) is 0 Å². The standard InChI is InChI=1S/C17H26N2O2/c1-2-11-18-15-8-4-3-7-14(15)16(21)19-12-17(13-20)9-5-6-10-17/h3-4,7-8,18,20H,2,5-6,9-13H2,1H3,(H,19,21). The molecule has 1 aliphatic rings. The summed E-state index contributed by atoms with van der Waals surface area (Å²) in [5.74, 6) is -0.0612. The van der Waals surface area contributed by atoms with Crippen molar-refractivity contribution in [2.75, 3.05) is 25.0 Å². The zero-order chi connectivity index (χ0) is 15.1. The first-order valence-electron chi connectivity index (χ1n) is 7.93. The lowest BCUT2D eigenvalue weighted by Gasteiger charge is -2.26. The average molecular weight is 290 g/mol. The Morgan fingerprint density at radius 2 is 2.00 bits per heavy atom. The zero-order valence-corrected chi connectivity index (χ0v) is 12.8. The summed E-state index contributed by atoms with van der Waals surface area (Å²) in [6, 6.07) is 7.58. The minimum absolute atomic E-state index is 0.0612. The van der Waals surface area contributed by atoms with E-state index in [1.807, 2.05) is 24.3 Å². The number of amides is 1. The van der Waals surface area contributed by atoms with Gasteiger partial charge in [0.05, 0.1) is 12.2 Å². The molecule has 1 aromatic carbocycles. The van der Waals surface area contributed by atoms with Crippen LogP contribution in [0.5, 0.6) is 0 Å². The van der Waals surface area contributed by atoms with Crippen LogP contribution in [-0.4, -0.2) is 30.7 Å². The number of benzene rings is 1. The Bertz CT molecular complexity index is 468. The number of aliphatic hydroxyl groups is 1. The molecular formula is C17H26N2O2. The molecule has 2 rings (SSSR count). The highest BCUT2D eigenvalue weighted by Crippen LogP contribution is 2.37. The second-order valence-corrected chi connectivity index (χ2v) is 6.02. The van der Waals surface area contributed by atoms with Gasteiger partial charge in [0.25, 0.3) is 5.91 Å². The van der Waals surface area contributed by atoms with Crippen LogP contribution < -0.4 is 10.6 Å². The maximum absolute atomic E-state index is 12.4. The van der Waals surface area contributed by atoms with Crippen LogP contribution in [0.2, 0.25) is 0 Å². The molecule has 0 aliphatic heterocycles. The van der Waals surface area contributed by atoms with Crippen molar-refractivity contribution in [1.29, 1.82) is 0 Å². The van der Waals surface area contributed by atoms with Gasteiger partial charge in [0, 0.05) is 24.2 Å². The Kier molecular flexibility index (Phi) is 5.62. The van der Waals surface area contributed by atoms with E-state index in [0.29, 0.717) is 12.1 Å². The maximum atomic E-state index is 12.4. The first kappa shape index (κ1) is 15.8. The summed E-state index contributed by atoms with van der Waals surface area (Å²) in [5, 5.41) is 15.9. The molecule has 0 spiro atoms. The van der Waals surface area contributed by atoms with E-state index in [4.69, 9.17) is 0 Å². The van der Waals surface area contributed by atoms with E-state index in [9.17, 15) is 9.90 Å². The average Bonchev–Trinajstić information content (AvgIpc) is 3.00. The highest BCUT2D eigenvalue weighted by atomic mass is 16.3. The Morgan fingerprint density at radius 3 is 2.67 bits per heavy atom. The molecule has 0 heterocycles. The fourth-order valence-corrected chi connectivity index (χ4v) is 2.97. The molecule has 1 fully saturated rings. The second-order valence-electron chi connectivity index (χ2n) is 6.02. The van der Waals surface area contributed by atoms with Crippen LogP contribution in [0.1, 0.15) is 49.4 Å². The van der Waals surface area contributed by atoms with Gasteiger partial charge in [0.1, 0.15) is 0 Å². The van der Waals surface area contributed by atoms with E-state index >= 15 is 0 Å². The SMILES string of the molecule is CCCNc1ccccc1C(=O)NCC1(CO)CCCC1. The van der Waals surface area contributed by atoms with Crippen LogP contribution in [-0.2, 0) is 0 Å². The Balaban J connectivity index is 2.00. The number of anilines is 1. The molecule has 0 unspecified atom stereocenters. The van der Waals surface area contributed by atoms with Crippen molar-refractivity contribution < 1.29 is 9.90 Å². The zero-order valence-electron chi connectivity index (χ0n) is 12.8. The van der Waals surface area contributed by atoms with Crippen molar-refractivity contribution >= 4 is 11.6 Å². The molecule has 1 amide bonds. The summed E-state index contributed by atoms with van der Waals surface area (Å²) in [6.07, 6.45) is 5.30. The van der Waals surface area contributed by atoms with Gasteiger partial charge in [-0.05, 0) is 31.4 Å². The lowest BCUT2D eigenvalue weighted by Crippen LogP contribution is -2.38. The molecule has 21 heavy (non-hydrogen) atoms. The quantitative estimate of drug-likeness (QED) is 0.723. The lowest BCUT2D eigenvalue weighted by atomic mass is 9.87. The van der Waals surface area contributed by atoms with Gasteiger partial charge < -0.3 is 15.7 Å². The van der Waals surface area contributed by atoms with Gasteiger partial charge in [0.2, 0.25) is 0 Å². The molecule has 1 saturated carbocycles. The third kappa shape index (κ3) is 3.97. The van der Waals surface area contributed by atoms with Gasteiger partial charge in [-0.1, -0.05) is 31.9 Å². The van der Waals surface area contributed by atoms with Gasteiger partial charge in [-0.25, -0.2) is 0 Å². The Hall–Kier alpha value is -1.55. The van der Waals surface area contributed by atoms with Crippen molar-refractivity contribution in [3.8, 4) is 0 Å². The van der Waals surface area contributed by atoms with Gasteiger partial charge in [-0.15, -0.1) is 0 Å². The van der Waals surface area contributed by atoms with Crippen molar-refractivity contribution in [2.45, 2.75) is 39.0 Å². The largest absolute Gasteiger partial charge is 0.396 e. The van der Waals surface area contributed by atoms with Crippen LogP contribution in [0, 0.1) is 5.41 Å². The normalized spacial score (nSPS) is 16.7. The van der Waals surface area contributed by atoms with Gasteiger partial charge in [-0.3, -0.25) is 4.79 Å². The smallest absolute Gasteiger partial charge is 0.253 e. The van der Waals surface area contributed by atoms with Crippen molar-refractivity contribution in [3.63, 3.8) is 0 Å². The Labute approximate surface area is 126 Å². The molecule has 0 saturated heterocycles. The summed E-state index contributed by atoms with van der Waals surface area (Å²) in [5.41, 5.74) is 1.44. The van der Waals surface area contributed by atoms with Crippen molar-refractivity contribution in [2.24, 2.45) is 5.41 Å². The topological polar surface area (TPSA) is 61.4 Å². The molecule has 0 aromatic heterocycles. The predicted molar refractivity (Wildman–Crippen MR) is 85.5 cm³/mol. The van der Waals surface area contributed by atoms with Gasteiger partial charge in [0.15, 0.2) is 0 Å². The van der Waals surface area contributed by atoms with Crippen LogP contribution in [0.4, 0.5) is 5.69 Å². The Morgan fingerprint density at radius 1 is 1.29 bits per heavy atom. The molecule has 3 N–H and O–H groups in total. The minimum atomic E-state index is -0.110. The van der Waals surface area contributed by atoms with Gasteiger partial charge in [-0.2, -0.15) is 0 Å².